The molecule has 6 heteroatoms. The van der Waals surface area contributed by atoms with Gasteiger partial charge in [-0.15, -0.1) is 0 Å². The first kappa shape index (κ1) is 88.6. The zero-order valence-corrected chi connectivity index (χ0v) is 83.3. The van der Waals surface area contributed by atoms with Crippen molar-refractivity contribution in [1.29, 1.82) is 0 Å². The molecule has 18 aromatic carbocycles. The molecular weight excluding hydrogens is 1740 g/mol. The third-order valence-electron chi connectivity index (χ3n) is 32.1. The van der Waals surface area contributed by atoms with Gasteiger partial charge in [0.2, 0.25) is 0 Å². The van der Waals surface area contributed by atoms with Crippen LogP contribution in [-0.4, -0.2) is 29.9 Å². The van der Waals surface area contributed by atoms with Crippen LogP contribution < -0.4 is 0 Å². The molecule has 3 aromatic heterocycles. The van der Waals surface area contributed by atoms with Gasteiger partial charge < -0.3 is 0 Å². The van der Waals surface area contributed by atoms with Crippen LogP contribution in [0, 0.1) is 0 Å². The molecule has 0 aliphatic heterocycles. The van der Waals surface area contributed by atoms with E-state index in [0.29, 0.717) is 0 Å². The highest BCUT2D eigenvalue weighted by molar-refractivity contribution is 6.00. The molecule has 0 amide bonds. The highest BCUT2D eigenvalue weighted by Gasteiger charge is 2.45. The van der Waals surface area contributed by atoms with Crippen molar-refractivity contribution in [3.8, 4) is 202 Å². The number of hydrogen-bond donors (Lipinski definition) is 0. The first-order valence-electron chi connectivity index (χ1n) is 50.5. The lowest BCUT2D eigenvalue weighted by Gasteiger charge is -2.25. The van der Waals surface area contributed by atoms with E-state index in [2.05, 4.69) is 520 Å². The molecule has 27 rings (SSSR count). The number of nitrogens with zero attached hydrogens (tertiary/aromatic N) is 6. The van der Waals surface area contributed by atoms with Gasteiger partial charge in [0.05, 0.1) is 34.2 Å². The Hall–Kier alpha value is -16.8. The first-order valence-corrected chi connectivity index (χ1v) is 50.5. The van der Waals surface area contributed by atoms with Crippen LogP contribution in [0.25, 0.3) is 202 Å². The van der Waals surface area contributed by atoms with E-state index in [9.17, 15) is 0 Å². The van der Waals surface area contributed by atoms with E-state index < -0.39 is 0 Å². The van der Waals surface area contributed by atoms with Crippen LogP contribution >= 0.6 is 0 Å². The van der Waals surface area contributed by atoms with Crippen molar-refractivity contribution in [3.05, 3.63) is 504 Å². The summed E-state index contributed by atoms with van der Waals surface area (Å²) in [7, 11) is 0. The van der Waals surface area contributed by atoms with Gasteiger partial charge in [-0.1, -0.05) is 483 Å². The predicted molar refractivity (Wildman–Crippen MR) is 597 cm³/mol. The molecule has 21 aromatic rings. The maximum absolute atomic E-state index is 5.40. The van der Waals surface area contributed by atoms with Crippen molar-refractivity contribution >= 4 is 0 Å². The Labute approximate surface area is 844 Å². The first-order chi connectivity index (χ1) is 70.0. The number of benzene rings is 18. The van der Waals surface area contributed by atoms with Crippen molar-refractivity contribution in [3.63, 3.8) is 0 Å². The third-order valence-corrected chi connectivity index (χ3v) is 32.1. The Morgan fingerprint density at radius 3 is 0.562 bits per heavy atom. The summed E-state index contributed by atoms with van der Waals surface area (Å²) in [6, 6.07) is 158. The molecule has 144 heavy (non-hydrogen) atoms. The van der Waals surface area contributed by atoms with Crippen LogP contribution in [0.3, 0.4) is 0 Å². The molecule has 6 aliphatic rings. The van der Waals surface area contributed by atoms with Crippen LogP contribution in [0.5, 0.6) is 0 Å². The smallest absolute Gasteiger partial charge is 0.160 e. The largest absolute Gasteiger partial charge is 0.228 e. The van der Waals surface area contributed by atoms with Gasteiger partial charge in [-0.25, -0.2) is 29.9 Å². The molecule has 0 bridgehead atoms. The number of rotatable bonds is 12. The summed E-state index contributed by atoms with van der Waals surface area (Å²) in [5, 5.41) is 0. The highest BCUT2D eigenvalue weighted by Crippen LogP contribution is 2.60. The second-order valence-electron chi connectivity index (χ2n) is 42.6. The van der Waals surface area contributed by atoms with Crippen LogP contribution in [0.4, 0.5) is 0 Å². The molecule has 3 heterocycles. The predicted octanol–water partition coefficient (Wildman–Crippen LogP) is 35.3. The second-order valence-corrected chi connectivity index (χ2v) is 42.6. The molecule has 0 unspecified atom stereocenters. The van der Waals surface area contributed by atoms with E-state index in [0.717, 1.165) is 118 Å². The fourth-order valence-electron chi connectivity index (χ4n) is 25.0. The molecule has 690 valence electrons. The van der Waals surface area contributed by atoms with E-state index in [1.807, 2.05) is 0 Å². The van der Waals surface area contributed by atoms with E-state index in [-0.39, 0.29) is 32.5 Å². The van der Waals surface area contributed by atoms with Gasteiger partial charge in [-0.2, -0.15) is 0 Å². The lowest BCUT2D eigenvalue weighted by molar-refractivity contribution is 0.660. The summed E-state index contributed by atoms with van der Waals surface area (Å²) >= 11 is 0. The fourth-order valence-corrected chi connectivity index (χ4v) is 25.0. The van der Waals surface area contributed by atoms with Gasteiger partial charge >= 0.3 is 0 Å². The lowest BCUT2D eigenvalue weighted by atomic mass is 9.78. The zero-order chi connectivity index (χ0) is 97.9. The van der Waals surface area contributed by atoms with Crippen LogP contribution in [0.1, 0.15) is 150 Å². The van der Waals surface area contributed by atoms with E-state index in [1.54, 1.807) is 0 Å². The number of aromatic nitrogens is 6. The Bertz CT molecular complexity index is 8090. The molecule has 0 atom stereocenters. The maximum atomic E-state index is 5.40. The SMILES string of the molecule is CC1(C)c2ccccc2-c2c(-c3cc(-c4cccc5c4-c4ccccc4C5(C)C)nc(-c4cccc(-c5ccccc5)c4)n3)cccc21.CC1(C)c2ccccc2-c2c(-c3cc(-c4cccc5c4-c4ccccc4C5(C)C)nc(-c4cccc(-c5ccccc5)c4)n3)cccc21.CC1(C)c2ccccc2-c2cccc(-c3cc(-c4cccc5c4C(C)(C)c4ccccc4-5)nc(-c4cccc(-c5ccccc5)c4)n3)c21. The van der Waals surface area contributed by atoms with Crippen LogP contribution in [-0.2, 0) is 32.5 Å². The average Bonchev–Trinajstić information content (AvgIpc) is 1.57. The molecule has 0 radical (unpaired) electrons. The van der Waals surface area contributed by atoms with Crippen LogP contribution in [0.15, 0.2) is 437 Å². The Balaban J connectivity index is 0.000000113. The molecule has 0 saturated carbocycles. The molecule has 0 saturated heterocycles. The quantitative estimate of drug-likeness (QED) is 0.121. The number of fused-ring (bicyclic) bond motifs is 18. The highest BCUT2D eigenvalue weighted by atomic mass is 14.9. The summed E-state index contributed by atoms with van der Waals surface area (Å²) in [5.41, 5.74) is 53.4. The normalized spacial score (nSPS) is 14.6. The summed E-state index contributed by atoms with van der Waals surface area (Å²) < 4.78 is 0. The molecule has 0 spiro atoms. The van der Waals surface area contributed by atoms with Crippen molar-refractivity contribution in [2.75, 3.05) is 0 Å². The molecule has 6 aliphatic carbocycles. The minimum atomic E-state index is -0.168. The standard InChI is InChI=1S/3C46H36N2/c1-45(2)38-25-10-8-19-32(38)34-21-13-23-36(42(34)45)40-28-41(37-24-14-22-35-33-20-9-11-26-39(33)46(3,4)43(35)37)48-44(47-40)31-18-12-17-30(27-31)29-15-6-5-7-16-29;2*1-45(2)36-23-10-8-19-32(36)42-34(21-13-25-38(42)45)40-28-41(35-22-14-26-39-43(35)33-20-9-11-24-37(33)46(39,3)4)48-44(47-40)31-18-12-17-30(27-31)29-15-6-5-7-16-29/h3*5-28H,1-4H3. The summed E-state index contributed by atoms with van der Waals surface area (Å²) in [6.45, 7) is 28.0. The molecule has 6 nitrogen and oxygen atoms in total. The Morgan fingerprint density at radius 1 is 0.125 bits per heavy atom. The second kappa shape index (κ2) is 34.0. The van der Waals surface area contributed by atoms with E-state index in [4.69, 9.17) is 29.9 Å². The summed E-state index contributed by atoms with van der Waals surface area (Å²) in [6.07, 6.45) is 0. The molecular formula is C138H108N6. The maximum Gasteiger partial charge on any atom is 0.160 e. The van der Waals surface area contributed by atoms with E-state index >= 15 is 0 Å². The molecule has 0 fully saturated rings. The molecule has 0 N–H and O–H groups in total. The Kier molecular flexibility index (Phi) is 20.9. The topological polar surface area (TPSA) is 77.3 Å². The van der Waals surface area contributed by atoms with Gasteiger partial charge in [0.1, 0.15) is 0 Å². The summed E-state index contributed by atoms with van der Waals surface area (Å²) in [4.78, 5) is 32.3. The van der Waals surface area contributed by atoms with Crippen molar-refractivity contribution in [2.45, 2.75) is 116 Å². The minimum Gasteiger partial charge on any atom is -0.228 e. The van der Waals surface area contributed by atoms with Gasteiger partial charge in [0.15, 0.2) is 17.5 Å². The van der Waals surface area contributed by atoms with Crippen molar-refractivity contribution in [1.82, 2.24) is 29.9 Å². The van der Waals surface area contributed by atoms with Crippen molar-refractivity contribution < 1.29 is 0 Å². The lowest BCUT2D eigenvalue weighted by Crippen LogP contribution is -2.17. The average molecular weight is 1850 g/mol. The zero-order valence-electron chi connectivity index (χ0n) is 83.3. The Morgan fingerprint density at radius 2 is 0.299 bits per heavy atom. The van der Waals surface area contributed by atoms with Gasteiger partial charge in [0, 0.05) is 82.6 Å². The monoisotopic (exact) mass is 1850 g/mol. The van der Waals surface area contributed by atoms with Crippen LogP contribution in [0.2, 0.25) is 0 Å². The van der Waals surface area contributed by atoms with Gasteiger partial charge in [0.25, 0.3) is 0 Å². The van der Waals surface area contributed by atoms with E-state index in [1.165, 1.54) is 150 Å². The minimum absolute atomic E-state index is 0.0970. The fraction of sp³-hybridized carbons (Fsp3) is 0.130. The number of hydrogen-bond acceptors (Lipinski definition) is 6. The third kappa shape index (κ3) is 14.3. The van der Waals surface area contributed by atoms with Crippen molar-refractivity contribution in [2.24, 2.45) is 0 Å². The van der Waals surface area contributed by atoms with Gasteiger partial charge in [-0.05, 0) is 203 Å². The van der Waals surface area contributed by atoms with Gasteiger partial charge in [-0.3, -0.25) is 0 Å². The summed E-state index contributed by atoms with van der Waals surface area (Å²) in [5.74, 6) is 2.19.